The Balaban J connectivity index is 1.49. The van der Waals surface area contributed by atoms with E-state index in [1.165, 1.54) is 37.8 Å². The van der Waals surface area contributed by atoms with Gasteiger partial charge in [-0.05, 0) is 37.1 Å². The van der Waals surface area contributed by atoms with Gasteiger partial charge in [-0.2, -0.15) is 0 Å². The Hall–Kier alpha value is -1.13. The van der Waals surface area contributed by atoms with Gasteiger partial charge in [0, 0.05) is 26.2 Å². The van der Waals surface area contributed by atoms with Gasteiger partial charge in [-0.1, -0.05) is 12.8 Å². The van der Waals surface area contributed by atoms with Crippen LogP contribution in [0.2, 0.25) is 0 Å². The zero-order valence-electron chi connectivity index (χ0n) is 11.9. The second kappa shape index (κ2) is 6.10. The van der Waals surface area contributed by atoms with Crippen molar-refractivity contribution in [2.75, 3.05) is 20.2 Å². The van der Waals surface area contributed by atoms with E-state index in [0.29, 0.717) is 12.1 Å². The zero-order valence-corrected chi connectivity index (χ0v) is 11.9. The fourth-order valence-corrected chi connectivity index (χ4v) is 3.29. The summed E-state index contributed by atoms with van der Waals surface area (Å²) < 4.78 is 24.3. The third kappa shape index (κ3) is 2.96. The van der Waals surface area contributed by atoms with Crippen molar-refractivity contribution in [2.45, 2.75) is 43.9 Å². The number of hydrogen-bond acceptors (Lipinski definition) is 3. The van der Waals surface area contributed by atoms with Gasteiger partial charge in [0.15, 0.2) is 0 Å². The maximum atomic E-state index is 12.8. The molecule has 20 heavy (non-hydrogen) atoms. The first-order chi connectivity index (χ1) is 9.76. The van der Waals surface area contributed by atoms with E-state index in [9.17, 15) is 4.39 Å². The fraction of sp³-hybridized carbons (Fsp3) is 0.625. The van der Waals surface area contributed by atoms with Gasteiger partial charge < -0.3 is 9.47 Å². The van der Waals surface area contributed by atoms with E-state index in [1.54, 1.807) is 12.1 Å². The highest BCUT2D eigenvalue weighted by Gasteiger charge is 2.38. The van der Waals surface area contributed by atoms with Crippen LogP contribution >= 0.6 is 0 Å². The summed E-state index contributed by atoms with van der Waals surface area (Å²) in [5, 5.41) is 0. The average molecular weight is 279 g/mol. The molecule has 0 bridgehead atoms. The van der Waals surface area contributed by atoms with Crippen molar-refractivity contribution >= 4 is 0 Å². The van der Waals surface area contributed by atoms with Crippen LogP contribution in [-0.4, -0.2) is 43.3 Å². The topological polar surface area (TPSA) is 21.7 Å². The summed E-state index contributed by atoms with van der Waals surface area (Å²) >= 11 is 0. The Kier molecular flexibility index (Phi) is 4.22. The molecule has 1 aromatic rings. The highest BCUT2D eigenvalue weighted by atomic mass is 19.1. The molecule has 0 aromatic heterocycles. The minimum atomic E-state index is -0.224. The van der Waals surface area contributed by atoms with Gasteiger partial charge >= 0.3 is 0 Å². The Morgan fingerprint density at radius 3 is 2.50 bits per heavy atom. The molecule has 1 aliphatic heterocycles. The molecule has 4 heteroatoms. The highest BCUT2D eigenvalue weighted by molar-refractivity contribution is 5.22. The number of benzene rings is 1. The molecule has 2 aliphatic rings. The van der Waals surface area contributed by atoms with E-state index in [0.717, 1.165) is 18.8 Å². The van der Waals surface area contributed by atoms with E-state index in [-0.39, 0.29) is 11.9 Å². The number of nitrogens with zero attached hydrogens (tertiary/aromatic N) is 1. The zero-order chi connectivity index (χ0) is 13.9. The molecule has 2 unspecified atom stereocenters. The van der Waals surface area contributed by atoms with Crippen LogP contribution in [0.25, 0.3) is 0 Å². The maximum Gasteiger partial charge on any atom is 0.124 e. The number of methoxy groups -OCH3 is 1. The Labute approximate surface area is 119 Å². The normalized spacial score (nSPS) is 28.1. The summed E-state index contributed by atoms with van der Waals surface area (Å²) in [7, 11) is 1.81. The molecule has 1 saturated heterocycles. The molecule has 0 spiro atoms. The third-order valence-electron chi connectivity index (χ3n) is 4.43. The summed E-state index contributed by atoms with van der Waals surface area (Å²) in [5.41, 5.74) is 0. The standard InChI is InChI=1S/C16H22FNO2/c1-19-16-5-3-2-4-15(16)18-10-14(11-18)20-13-8-6-12(17)7-9-13/h6-9,14-16H,2-5,10-11H2,1H3. The van der Waals surface area contributed by atoms with Crippen LogP contribution in [0.4, 0.5) is 4.39 Å². The van der Waals surface area contributed by atoms with Gasteiger partial charge in [-0.15, -0.1) is 0 Å². The van der Waals surface area contributed by atoms with Gasteiger partial charge in [0.05, 0.1) is 6.10 Å². The molecule has 1 saturated carbocycles. The van der Waals surface area contributed by atoms with Crippen molar-refractivity contribution in [1.82, 2.24) is 4.90 Å². The SMILES string of the molecule is COC1CCCCC1N1CC(Oc2ccc(F)cc2)C1. The Bertz CT molecular complexity index is 431. The second-order valence-corrected chi connectivity index (χ2v) is 5.77. The maximum absolute atomic E-state index is 12.8. The van der Waals surface area contributed by atoms with Gasteiger partial charge in [-0.25, -0.2) is 4.39 Å². The minimum absolute atomic E-state index is 0.222. The first-order valence-corrected chi connectivity index (χ1v) is 7.45. The molecule has 3 rings (SSSR count). The number of rotatable bonds is 4. The lowest BCUT2D eigenvalue weighted by atomic mass is 9.89. The lowest BCUT2D eigenvalue weighted by molar-refractivity contribution is -0.0750. The molecule has 0 amide bonds. The van der Waals surface area contributed by atoms with Crippen LogP contribution in [0.15, 0.2) is 24.3 Å². The number of ether oxygens (including phenoxy) is 2. The van der Waals surface area contributed by atoms with E-state index in [4.69, 9.17) is 9.47 Å². The van der Waals surface area contributed by atoms with Crippen LogP contribution in [0.1, 0.15) is 25.7 Å². The van der Waals surface area contributed by atoms with Gasteiger partial charge in [-0.3, -0.25) is 4.90 Å². The predicted octanol–water partition coefficient (Wildman–Crippen LogP) is 2.85. The summed E-state index contributed by atoms with van der Waals surface area (Å²) in [6, 6.07) is 6.80. The number of halogens is 1. The first kappa shape index (κ1) is 13.8. The van der Waals surface area contributed by atoms with E-state index in [1.807, 2.05) is 7.11 Å². The third-order valence-corrected chi connectivity index (χ3v) is 4.43. The van der Waals surface area contributed by atoms with Crippen molar-refractivity contribution in [1.29, 1.82) is 0 Å². The molecule has 2 fully saturated rings. The van der Waals surface area contributed by atoms with E-state index < -0.39 is 0 Å². The van der Waals surface area contributed by atoms with Gasteiger partial charge in [0.2, 0.25) is 0 Å². The molecule has 2 atom stereocenters. The van der Waals surface area contributed by atoms with Crippen LogP contribution in [0.3, 0.4) is 0 Å². The van der Waals surface area contributed by atoms with Crippen molar-refractivity contribution in [2.24, 2.45) is 0 Å². The van der Waals surface area contributed by atoms with Crippen molar-refractivity contribution in [3.05, 3.63) is 30.1 Å². The Morgan fingerprint density at radius 2 is 1.80 bits per heavy atom. The quantitative estimate of drug-likeness (QED) is 0.846. The summed E-state index contributed by atoms with van der Waals surface area (Å²) in [6.45, 7) is 1.89. The van der Waals surface area contributed by atoms with Crippen LogP contribution in [-0.2, 0) is 4.74 Å². The second-order valence-electron chi connectivity index (χ2n) is 5.77. The summed E-state index contributed by atoms with van der Waals surface area (Å²) in [6.07, 6.45) is 5.56. The van der Waals surface area contributed by atoms with Crippen molar-refractivity contribution < 1.29 is 13.9 Å². The average Bonchev–Trinajstić information content (AvgIpc) is 2.44. The lowest BCUT2D eigenvalue weighted by Crippen LogP contribution is -2.61. The molecular formula is C16H22FNO2. The van der Waals surface area contributed by atoms with E-state index in [2.05, 4.69) is 4.90 Å². The number of likely N-dealkylation sites (tertiary alicyclic amines) is 1. The van der Waals surface area contributed by atoms with Crippen LogP contribution in [0.5, 0.6) is 5.75 Å². The molecule has 0 radical (unpaired) electrons. The Morgan fingerprint density at radius 1 is 1.10 bits per heavy atom. The number of hydrogen-bond donors (Lipinski definition) is 0. The summed E-state index contributed by atoms with van der Waals surface area (Å²) in [4.78, 5) is 2.46. The monoisotopic (exact) mass is 279 g/mol. The minimum Gasteiger partial charge on any atom is -0.488 e. The van der Waals surface area contributed by atoms with Crippen molar-refractivity contribution in [3.63, 3.8) is 0 Å². The van der Waals surface area contributed by atoms with Gasteiger partial charge in [0.1, 0.15) is 17.7 Å². The molecule has 3 nitrogen and oxygen atoms in total. The molecule has 0 N–H and O–H groups in total. The highest BCUT2D eigenvalue weighted by Crippen LogP contribution is 2.29. The lowest BCUT2D eigenvalue weighted by Gasteiger charge is -2.47. The first-order valence-electron chi connectivity index (χ1n) is 7.45. The molecule has 1 heterocycles. The summed E-state index contributed by atoms with van der Waals surface area (Å²) in [5.74, 6) is 0.528. The molecular weight excluding hydrogens is 257 g/mol. The smallest absolute Gasteiger partial charge is 0.124 e. The van der Waals surface area contributed by atoms with Gasteiger partial charge in [0.25, 0.3) is 0 Å². The largest absolute Gasteiger partial charge is 0.488 e. The molecule has 1 aliphatic carbocycles. The fourth-order valence-electron chi connectivity index (χ4n) is 3.29. The molecule has 110 valence electrons. The van der Waals surface area contributed by atoms with Crippen molar-refractivity contribution in [3.8, 4) is 5.75 Å². The van der Waals surface area contributed by atoms with Crippen LogP contribution < -0.4 is 4.74 Å². The van der Waals surface area contributed by atoms with E-state index >= 15 is 0 Å². The van der Waals surface area contributed by atoms with Crippen LogP contribution in [0, 0.1) is 5.82 Å². The molecule has 1 aromatic carbocycles. The predicted molar refractivity (Wildman–Crippen MR) is 75.4 cm³/mol.